The Hall–Kier alpha value is -1.03. The highest BCUT2D eigenvalue weighted by Crippen LogP contribution is 2.25. The van der Waals surface area contributed by atoms with Crippen LogP contribution in [0.4, 0.5) is 5.69 Å². The molecule has 0 radical (unpaired) electrons. The van der Waals surface area contributed by atoms with Crippen LogP contribution < -0.4 is 10.6 Å². The van der Waals surface area contributed by atoms with Crippen molar-refractivity contribution in [1.82, 2.24) is 5.32 Å². The maximum atomic E-state index is 11.6. The molecule has 0 saturated carbocycles. The van der Waals surface area contributed by atoms with Crippen LogP contribution in [0.1, 0.15) is 6.42 Å². The molecule has 0 heterocycles. The zero-order valence-electron chi connectivity index (χ0n) is 9.30. The summed E-state index contributed by atoms with van der Waals surface area (Å²) in [5, 5.41) is 6.76. The summed E-state index contributed by atoms with van der Waals surface area (Å²) in [7, 11) is 0. The fourth-order valence-corrected chi connectivity index (χ4v) is 1.55. The molecule has 1 amide bonds. The van der Waals surface area contributed by atoms with E-state index in [1.165, 1.54) is 0 Å². The molecule has 92 valence electrons. The van der Waals surface area contributed by atoms with Crippen molar-refractivity contribution in [1.29, 1.82) is 0 Å². The highest BCUT2D eigenvalue weighted by molar-refractivity contribution is 6.35. The first kappa shape index (κ1) is 14.0. The Balaban J connectivity index is 2.44. The molecule has 0 aliphatic rings. The molecule has 2 N–H and O–H groups in total. The number of amides is 1. The van der Waals surface area contributed by atoms with Crippen molar-refractivity contribution in [2.24, 2.45) is 0 Å². The molecule has 5 heteroatoms. The van der Waals surface area contributed by atoms with Crippen LogP contribution in [0, 0.1) is 0 Å². The second-order valence-electron chi connectivity index (χ2n) is 3.42. The number of carbonyl (C=O) groups is 1. The number of benzene rings is 1. The minimum absolute atomic E-state index is 0.106. The third kappa shape index (κ3) is 5.22. The first-order valence-corrected chi connectivity index (χ1v) is 5.95. The van der Waals surface area contributed by atoms with Gasteiger partial charge in [0, 0.05) is 24.5 Å². The Bertz CT molecular complexity index is 407. The highest BCUT2D eigenvalue weighted by Gasteiger charge is 2.05. The lowest BCUT2D eigenvalue weighted by Crippen LogP contribution is -2.21. The normalized spacial score (nSPS) is 10.0. The lowest BCUT2D eigenvalue weighted by atomic mass is 10.3. The molecular formula is C12H14Cl2N2O. The van der Waals surface area contributed by atoms with Gasteiger partial charge in [0.15, 0.2) is 0 Å². The summed E-state index contributed by atoms with van der Waals surface area (Å²) >= 11 is 11.7. The Morgan fingerprint density at radius 2 is 2.18 bits per heavy atom. The van der Waals surface area contributed by atoms with E-state index in [-0.39, 0.29) is 5.91 Å². The zero-order chi connectivity index (χ0) is 12.7. The summed E-state index contributed by atoms with van der Waals surface area (Å²) < 4.78 is 0. The highest BCUT2D eigenvalue weighted by atomic mass is 35.5. The topological polar surface area (TPSA) is 41.1 Å². The van der Waals surface area contributed by atoms with Gasteiger partial charge < -0.3 is 10.6 Å². The minimum atomic E-state index is -0.106. The van der Waals surface area contributed by atoms with Crippen LogP contribution in [0.15, 0.2) is 30.9 Å². The van der Waals surface area contributed by atoms with Gasteiger partial charge >= 0.3 is 0 Å². The van der Waals surface area contributed by atoms with E-state index in [9.17, 15) is 4.79 Å². The van der Waals surface area contributed by atoms with Crippen molar-refractivity contribution in [2.75, 3.05) is 18.4 Å². The van der Waals surface area contributed by atoms with Gasteiger partial charge in [-0.3, -0.25) is 4.79 Å². The summed E-state index contributed by atoms with van der Waals surface area (Å²) in [5.74, 6) is -0.106. The molecule has 0 fully saturated rings. The lowest BCUT2D eigenvalue weighted by Gasteiger charge is -2.07. The molecule has 1 aromatic carbocycles. The van der Waals surface area contributed by atoms with Crippen LogP contribution in [0.25, 0.3) is 0 Å². The fraction of sp³-hybridized carbons (Fsp3) is 0.250. The summed E-state index contributed by atoms with van der Waals surface area (Å²) in [6, 6.07) is 4.94. The minimum Gasteiger partial charge on any atom is -0.325 e. The fourth-order valence-electron chi connectivity index (χ4n) is 1.21. The zero-order valence-corrected chi connectivity index (χ0v) is 10.8. The first-order valence-electron chi connectivity index (χ1n) is 5.20. The standard InChI is InChI=1S/C12H14Cl2N2O/c1-2-6-15-7-5-12(17)16-11-8-9(13)3-4-10(11)14/h2-4,8,15H,1,5-7H2,(H,16,17). The van der Waals surface area contributed by atoms with Crippen molar-refractivity contribution < 1.29 is 4.79 Å². The van der Waals surface area contributed by atoms with Crippen LogP contribution in [0.3, 0.4) is 0 Å². The summed E-state index contributed by atoms with van der Waals surface area (Å²) in [6.45, 7) is 4.85. The molecular weight excluding hydrogens is 259 g/mol. The first-order chi connectivity index (χ1) is 8.13. The van der Waals surface area contributed by atoms with Crippen molar-refractivity contribution in [3.63, 3.8) is 0 Å². The van der Waals surface area contributed by atoms with Gasteiger partial charge in [-0.1, -0.05) is 29.3 Å². The maximum Gasteiger partial charge on any atom is 0.225 e. The van der Waals surface area contributed by atoms with Gasteiger partial charge in [0.25, 0.3) is 0 Å². The third-order valence-corrected chi connectivity index (χ3v) is 2.58. The number of halogens is 2. The summed E-state index contributed by atoms with van der Waals surface area (Å²) in [4.78, 5) is 11.6. The third-order valence-electron chi connectivity index (χ3n) is 2.02. The predicted molar refractivity (Wildman–Crippen MR) is 72.8 cm³/mol. The van der Waals surface area contributed by atoms with Crippen LogP contribution in [0.5, 0.6) is 0 Å². The van der Waals surface area contributed by atoms with E-state index in [1.807, 2.05) is 0 Å². The second kappa shape index (κ2) is 7.33. The van der Waals surface area contributed by atoms with Gasteiger partial charge in [-0.15, -0.1) is 6.58 Å². The van der Waals surface area contributed by atoms with E-state index in [2.05, 4.69) is 17.2 Å². The van der Waals surface area contributed by atoms with Crippen molar-refractivity contribution >= 4 is 34.8 Å². The molecule has 0 saturated heterocycles. The van der Waals surface area contributed by atoms with E-state index in [1.54, 1.807) is 24.3 Å². The smallest absolute Gasteiger partial charge is 0.225 e. The molecule has 0 aromatic heterocycles. The molecule has 0 aliphatic heterocycles. The van der Waals surface area contributed by atoms with Gasteiger partial charge in [0.2, 0.25) is 5.91 Å². The maximum absolute atomic E-state index is 11.6. The van der Waals surface area contributed by atoms with E-state index < -0.39 is 0 Å². The summed E-state index contributed by atoms with van der Waals surface area (Å²) in [5.41, 5.74) is 0.535. The average Bonchev–Trinajstić information content (AvgIpc) is 2.29. The van der Waals surface area contributed by atoms with Crippen LogP contribution >= 0.6 is 23.2 Å². The van der Waals surface area contributed by atoms with Gasteiger partial charge in [-0.2, -0.15) is 0 Å². The van der Waals surface area contributed by atoms with Crippen molar-refractivity contribution in [3.8, 4) is 0 Å². The molecule has 3 nitrogen and oxygen atoms in total. The van der Waals surface area contributed by atoms with Crippen molar-refractivity contribution in [2.45, 2.75) is 6.42 Å². The number of anilines is 1. The van der Waals surface area contributed by atoms with Crippen molar-refractivity contribution in [3.05, 3.63) is 40.9 Å². The van der Waals surface area contributed by atoms with E-state index in [0.29, 0.717) is 35.2 Å². The molecule has 0 aliphatic carbocycles. The quantitative estimate of drug-likeness (QED) is 0.617. The largest absolute Gasteiger partial charge is 0.325 e. The number of carbonyl (C=O) groups excluding carboxylic acids is 1. The number of nitrogens with one attached hydrogen (secondary N) is 2. The Morgan fingerprint density at radius 3 is 2.88 bits per heavy atom. The number of hydrogen-bond donors (Lipinski definition) is 2. The summed E-state index contributed by atoms with van der Waals surface area (Å²) in [6.07, 6.45) is 2.11. The van der Waals surface area contributed by atoms with Gasteiger partial charge in [0.05, 0.1) is 10.7 Å². The van der Waals surface area contributed by atoms with Gasteiger partial charge in [-0.05, 0) is 18.2 Å². The van der Waals surface area contributed by atoms with Gasteiger partial charge in [0.1, 0.15) is 0 Å². The molecule has 0 unspecified atom stereocenters. The number of hydrogen-bond acceptors (Lipinski definition) is 2. The van der Waals surface area contributed by atoms with E-state index >= 15 is 0 Å². The molecule has 0 atom stereocenters. The monoisotopic (exact) mass is 272 g/mol. The molecule has 17 heavy (non-hydrogen) atoms. The SMILES string of the molecule is C=CCNCCC(=O)Nc1cc(Cl)ccc1Cl. The Labute approximate surface area is 111 Å². The molecule has 0 spiro atoms. The van der Waals surface area contributed by atoms with Gasteiger partial charge in [-0.25, -0.2) is 0 Å². The average molecular weight is 273 g/mol. The van der Waals surface area contributed by atoms with Crippen LogP contribution in [0.2, 0.25) is 10.0 Å². The number of rotatable bonds is 6. The molecule has 1 rings (SSSR count). The lowest BCUT2D eigenvalue weighted by molar-refractivity contribution is -0.116. The predicted octanol–water partition coefficient (Wildman–Crippen LogP) is 3.10. The van der Waals surface area contributed by atoms with Crippen LogP contribution in [-0.2, 0) is 4.79 Å². The Morgan fingerprint density at radius 1 is 1.41 bits per heavy atom. The molecule has 1 aromatic rings. The second-order valence-corrected chi connectivity index (χ2v) is 4.26. The van der Waals surface area contributed by atoms with E-state index in [4.69, 9.17) is 23.2 Å². The van der Waals surface area contributed by atoms with Crippen LogP contribution in [-0.4, -0.2) is 19.0 Å². The Kier molecular flexibility index (Phi) is 6.05. The molecule has 0 bridgehead atoms. The van der Waals surface area contributed by atoms with E-state index in [0.717, 1.165) is 0 Å².